The van der Waals surface area contributed by atoms with Crippen LogP contribution in [-0.4, -0.2) is 17.6 Å². The van der Waals surface area contributed by atoms with Crippen molar-refractivity contribution in [2.45, 2.75) is 4.87 Å². The minimum atomic E-state index is -1.02. The van der Waals surface area contributed by atoms with Crippen molar-refractivity contribution in [2.75, 3.05) is 16.0 Å². The number of fused-ring (bicyclic) bond motifs is 2. The number of nitrogens with one attached hydrogen (secondary N) is 1. The first kappa shape index (κ1) is 13.8. The Balaban J connectivity index is 1.95. The Labute approximate surface area is 140 Å². The number of para-hydroxylation sites is 1. The second-order valence-corrected chi connectivity index (χ2v) is 7.23. The molecular formula is C16H11BrN2O2S. The van der Waals surface area contributed by atoms with Crippen LogP contribution < -0.4 is 10.2 Å². The van der Waals surface area contributed by atoms with Gasteiger partial charge in [0.05, 0.1) is 5.75 Å². The average Bonchev–Trinajstić information content (AvgIpc) is 3.00. The summed E-state index contributed by atoms with van der Waals surface area (Å²) in [4.78, 5) is 25.8. The number of benzene rings is 2. The SMILES string of the molecule is O=C1CSC2(C(=O)Nc3ccc(Br)cc32)N1c1ccccc1. The van der Waals surface area contributed by atoms with E-state index in [0.717, 1.165) is 21.4 Å². The highest BCUT2D eigenvalue weighted by molar-refractivity contribution is 9.10. The molecule has 2 heterocycles. The van der Waals surface area contributed by atoms with Gasteiger partial charge in [-0.25, -0.2) is 0 Å². The van der Waals surface area contributed by atoms with Gasteiger partial charge in [-0.05, 0) is 30.3 Å². The number of thioether (sulfide) groups is 1. The molecule has 2 aliphatic heterocycles. The summed E-state index contributed by atoms with van der Waals surface area (Å²) in [5.41, 5.74) is 2.32. The molecule has 1 N–H and O–H groups in total. The van der Waals surface area contributed by atoms with Gasteiger partial charge in [0.2, 0.25) is 10.8 Å². The van der Waals surface area contributed by atoms with E-state index in [0.29, 0.717) is 0 Å². The maximum atomic E-state index is 12.8. The number of hydrogen-bond acceptors (Lipinski definition) is 3. The van der Waals surface area contributed by atoms with Crippen LogP contribution in [0.4, 0.5) is 11.4 Å². The second-order valence-electron chi connectivity index (χ2n) is 5.14. The van der Waals surface area contributed by atoms with Gasteiger partial charge in [-0.1, -0.05) is 34.1 Å². The van der Waals surface area contributed by atoms with E-state index in [1.807, 2.05) is 48.5 Å². The van der Waals surface area contributed by atoms with Crippen LogP contribution in [0.15, 0.2) is 53.0 Å². The lowest BCUT2D eigenvalue weighted by molar-refractivity contribution is -0.122. The Hall–Kier alpha value is -1.79. The first-order chi connectivity index (χ1) is 10.6. The number of carbonyl (C=O) groups excluding carboxylic acids is 2. The summed E-state index contributed by atoms with van der Waals surface area (Å²) >= 11 is 4.82. The molecule has 0 bridgehead atoms. The lowest BCUT2D eigenvalue weighted by Gasteiger charge is -2.32. The van der Waals surface area contributed by atoms with E-state index in [4.69, 9.17) is 0 Å². The quantitative estimate of drug-likeness (QED) is 0.832. The summed E-state index contributed by atoms with van der Waals surface area (Å²) in [6, 6.07) is 15.0. The van der Waals surface area contributed by atoms with Crippen molar-refractivity contribution < 1.29 is 9.59 Å². The molecule has 2 aromatic carbocycles. The number of carbonyl (C=O) groups is 2. The molecule has 2 amide bonds. The zero-order valence-electron chi connectivity index (χ0n) is 11.4. The highest BCUT2D eigenvalue weighted by Crippen LogP contribution is 2.53. The molecule has 0 aliphatic carbocycles. The molecule has 6 heteroatoms. The Kier molecular flexibility index (Phi) is 3.06. The predicted molar refractivity (Wildman–Crippen MR) is 90.8 cm³/mol. The molecule has 1 unspecified atom stereocenters. The average molecular weight is 375 g/mol. The largest absolute Gasteiger partial charge is 0.323 e. The number of nitrogens with zero attached hydrogens (tertiary/aromatic N) is 1. The molecule has 2 aliphatic rings. The minimum absolute atomic E-state index is 0.0563. The predicted octanol–water partition coefficient (Wildman–Crippen LogP) is 3.33. The number of anilines is 2. The normalized spacial score (nSPS) is 23.0. The Bertz CT molecular complexity index is 796. The molecule has 4 rings (SSSR count). The lowest BCUT2D eigenvalue weighted by atomic mass is 10.0. The molecule has 0 aromatic heterocycles. The van der Waals surface area contributed by atoms with Crippen LogP contribution in [0.1, 0.15) is 5.56 Å². The van der Waals surface area contributed by atoms with E-state index in [1.54, 1.807) is 4.90 Å². The van der Waals surface area contributed by atoms with Gasteiger partial charge in [0.1, 0.15) is 0 Å². The Morgan fingerprint density at radius 2 is 1.91 bits per heavy atom. The Morgan fingerprint density at radius 3 is 2.68 bits per heavy atom. The zero-order valence-corrected chi connectivity index (χ0v) is 13.8. The Morgan fingerprint density at radius 1 is 1.14 bits per heavy atom. The molecular weight excluding hydrogens is 364 g/mol. The summed E-state index contributed by atoms with van der Waals surface area (Å²) in [6.07, 6.45) is 0. The summed E-state index contributed by atoms with van der Waals surface area (Å²) in [5, 5.41) is 2.90. The maximum Gasteiger partial charge on any atom is 0.266 e. The molecule has 4 nitrogen and oxygen atoms in total. The highest BCUT2D eigenvalue weighted by Gasteiger charge is 2.58. The third-order valence-corrected chi connectivity index (χ3v) is 5.78. The first-order valence-electron chi connectivity index (χ1n) is 6.76. The summed E-state index contributed by atoms with van der Waals surface area (Å²) in [6.45, 7) is 0. The van der Waals surface area contributed by atoms with Crippen LogP contribution in [0, 0.1) is 0 Å². The third-order valence-electron chi connectivity index (χ3n) is 3.89. The van der Waals surface area contributed by atoms with Crippen molar-refractivity contribution >= 4 is 50.9 Å². The third kappa shape index (κ3) is 1.77. The van der Waals surface area contributed by atoms with Crippen LogP contribution >= 0.6 is 27.7 Å². The zero-order chi connectivity index (χ0) is 15.3. The van der Waals surface area contributed by atoms with Gasteiger partial charge >= 0.3 is 0 Å². The molecule has 110 valence electrons. The first-order valence-corrected chi connectivity index (χ1v) is 8.54. The van der Waals surface area contributed by atoms with Gasteiger partial charge in [0.25, 0.3) is 5.91 Å². The minimum Gasteiger partial charge on any atom is -0.323 e. The lowest BCUT2D eigenvalue weighted by Crippen LogP contribution is -2.47. The molecule has 1 atom stereocenters. The fourth-order valence-corrected chi connectivity index (χ4v) is 4.64. The van der Waals surface area contributed by atoms with E-state index in [9.17, 15) is 9.59 Å². The monoisotopic (exact) mass is 374 g/mol. The van der Waals surface area contributed by atoms with Gasteiger partial charge in [-0.2, -0.15) is 0 Å². The summed E-state index contributed by atoms with van der Waals surface area (Å²) in [5.74, 6) is 0.0633. The topological polar surface area (TPSA) is 49.4 Å². The molecule has 0 saturated carbocycles. The van der Waals surface area contributed by atoms with Crippen LogP contribution in [0.2, 0.25) is 0 Å². The number of halogens is 1. The van der Waals surface area contributed by atoms with E-state index >= 15 is 0 Å². The fourth-order valence-electron chi connectivity index (χ4n) is 2.97. The second kappa shape index (κ2) is 4.86. The van der Waals surface area contributed by atoms with Crippen molar-refractivity contribution in [2.24, 2.45) is 0 Å². The standard InChI is InChI=1S/C16H11BrN2O2S/c17-10-6-7-13-12(8-10)16(15(21)18-13)19(14(20)9-22-16)11-4-2-1-3-5-11/h1-8H,9H2,(H,18,21). The van der Waals surface area contributed by atoms with Crippen molar-refractivity contribution in [3.05, 3.63) is 58.6 Å². The van der Waals surface area contributed by atoms with Crippen molar-refractivity contribution in [3.63, 3.8) is 0 Å². The summed E-state index contributed by atoms with van der Waals surface area (Å²) in [7, 11) is 0. The van der Waals surface area contributed by atoms with E-state index in [2.05, 4.69) is 21.2 Å². The fraction of sp³-hybridized carbons (Fsp3) is 0.125. The number of hydrogen-bond donors (Lipinski definition) is 1. The van der Waals surface area contributed by atoms with Gasteiger partial charge < -0.3 is 5.32 Å². The molecule has 1 saturated heterocycles. The molecule has 1 fully saturated rings. The van der Waals surface area contributed by atoms with Crippen LogP contribution in [0.5, 0.6) is 0 Å². The highest BCUT2D eigenvalue weighted by atomic mass is 79.9. The van der Waals surface area contributed by atoms with E-state index < -0.39 is 4.87 Å². The van der Waals surface area contributed by atoms with Gasteiger partial charge in [0, 0.05) is 21.4 Å². The molecule has 1 spiro atoms. The number of rotatable bonds is 1. The van der Waals surface area contributed by atoms with Crippen molar-refractivity contribution in [1.29, 1.82) is 0 Å². The van der Waals surface area contributed by atoms with Crippen molar-refractivity contribution in [3.8, 4) is 0 Å². The van der Waals surface area contributed by atoms with E-state index in [1.165, 1.54) is 11.8 Å². The van der Waals surface area contributed by atoms with Crippen LogP contribution in [0.3, 0.4) is 0 Å². The van der Waals surface area contributed by atoms with Crippen LogP contribution in [-0.2, 0) is 14.5 Å². The van der Waals surface area contributed by atoms with Gasteiger partial charge in [-0.15, -0.1) is 11.8 Å². The van der Waals surface area contributed by atoms with Crippen LogP contribution in [0.25, 0.3) is 0 Å². The van der Waals surface area contributed by atoms with Crippen molar-refractivity contribution in [1.82, 2.24) is 0 Å². The summed E-state index contributed by atoms with van der Waals surface area (Å²) < 4.78 is 0.884. The molecule has 0 radical (unpaired) electrons. The van der Waals surface area contributed by atoms with Gasteiger partial charge in [0.15, 0.2) is 0 Å². The molecule has 2 aromatic rings. The smallest absolute Gasteiger partial charge is 0.266 e. The maximum absolute atomic E-state index is 12.8. The van der Waals surface area contributed by atoms with Gasteiger partial charge in [-0.3, -0.25) is 14.5 Å². The van der Waals surface area contributed by atoms with E-state index in [-0.39, 0.29) is 17.6 Å². The molecule has 22 heavy (non-hydrogen) atoms. The number of amides is 2.